The van der Waals surface area contributed by atoms with Crippen molar-refractivity contribution in [3.63, 3.8) is 0 Å². The molecule has 0 bridgehead atoms. The van der Waals surface area contributed by atoms with E-state index in [-0.39, 0.29) is 11.7 Å². The molecule has 4 N–H and O–H groups in total. The molecule has 2 aromatic rings. The Balaban J connectivity index is 1.79. The fourth-order valence-electron chi connectivity index (χ4n) is 4.34. The number of carbonyl (C=O) groups is 1. The lowest BCUT2D eigenvalue weighted by atomic mass is 10.0. The summed E-state index contributed by atoms with van der Waals surface area (Å²) in [5.41, 5.74) is 6.48. The first-order valence-corrected chi connectivity index (χ1v) is 10.1. The summed E-state index contributed by atoms with van der Waals surface area (Å²) in [5, 5.41) is 14.5. The highest BCUT2D eigenvalue weighted by Crippen LogP contribution is 2.43. The second kappa shape index (κ2) is 7.69. The molecule has 1 aliphatic heterocycles. The normalized spacial score (nSPS) is 19.1. The first-order chi connectivity index (χ1) is 14.0. The van der Waals surface area contributed by atoms with E-state index in [1.54, 1.807) is 13.2 Å². The molecular formula is C19H27N9O. The summed E-state index contributed by atoms with van der Waals surface area (Å²) < 4.78 is 2.05. The lowest BCUT2D eigenvalue weighted by molar-refractivity contribution is -0.114. The van der Waals surface area contributed by atoms with E-state index in [9.17, 15) is 4.79 Å². The van der Waals surface area contributed by atoms with Gasteiger partial charge in [0.2, 0.25) is 5.95 Å². The van der Waals surface area contributed by atoms with E-state index in [4.69, 9.17) is 10.7 Å². The molecule has 1 saturated carbocycles. The van der Waals surface area contributed by atoms with Gasteiger partial charge in [0.1, 0.15) is 17.2 Å². The van der Waals surface area contributed by atoms with Gasteiger partial charge in [-0.2, -0.15) is 4.98 Å². The van der Waals surface area contributed by atoms with Gasteiger partial charge in [0.15, 0.2) is 11.6 Å². The number of hydrogen-bond acceptors (Lipinski definition) is 8. The Hall–Kier alpha value is -3.17. The number of nitrogens with zero attached hydrogens (tertiary/aromatic N) is 6. The molecule has 1 fully saturated rings. The molecule has 10 nitrogen and oxygen atoms in total. The monoisotopic (exact) mass is 397 g/mol. The van der Waals surface area contributed by atoms with E-state index < -0.39 is 5.91 Å². The number of nitrogens with one attached hydrogen (secondary N) is 2. The van der Waals surface area contributed by atoms with Crippen molar-refractivity contribution in [1.29, 1.82) is 0 Å². The highest BCUT2D eigenvalue weighted by Gasteiger charge is 2.39. The topological polar surface area (TPSA) is 127 Å². The molecule has 0 spiro atoms. The van der Waals surface area contributed by atoms with Crippen LogP contribution in [-0.2, 0) is 4.79 Å². The van der Waals surface area contributed by atoms with Crippen molar-refractivity contribution in [3.05, 3.63) is 29.7 Å². The molecule has 3 heterocycles. The predicted octanol–water partition coefficient (Wildman–Crippen LogP) is 1.54. The van der Waals surface area contributed by atoms with E-state index in [1.807, 2.05) is 6.92 Å². The zero-order valence-electron chi connectivity index (χ0n) is 17.0. The fourth-order valence-corrected chi connectivity index (χ4v) is 4.34. The Labute approximate surface area is 169 Å². The van der Waals surface area contributed by atoms with Crippen LogP contribution in [-0.4, -0.2) is 43.7 Å². The van der Waals surface area contributed by atoms with Crippen LogP contribution in [0.15, 0.2) is 18.1 Å². The molecule has 0 aromatic carbocycles. The number of fused-ring (bicyclic) bond motifs is 3. The number of aromatic nitrogens is 5. The third-order valence-corrected chi connectivity index (χ3v) is 5.70. The molecule has 0 radical (unpaired) electrons. The van der Waals surface area contributed by atoms with Gasteiger partial charge in [-0.1, -0.05) is 19.8 Å². The molecule has 154 valence electrons. The van der Waals surface area contributed by atoms with Crippen molar-refractivity contribution in [3.8, 4) is 5.69 Å². The maximum atomic E-state index is 11.4. The quantitative estimate of drug-likeness (QED) is 0.627. The molecule has 10 heteroatoms. The van der Waals surface area contributed by atoms with Gasteiger partial charge < -0.3 is 21.3 Å². The molecule has 2 aliphatic rings. The third-order valence-electron chi connectivity index (χ3n) is 5.70. The second-order valence-corrected chi connectivity index (χ2v) is 7.43. The number of aryl methyl sites for hydroxylation is 1. The molecular weight excluding hydrogens is 370 g/mol. The molecule has 1 atom stereocenters. The van der Waals surface area contributed by atoms with Gasteiger partial charge in [0.25, 0.3) is 5.91 Å². The summed E-state index contributed by atoms with van der Waals surface area (Å²) in [6.07, 6.45) is 8.91. The van der Waals surface area contributed by atoms with E-state index in [0.717, 1.165) is 42.4 Å². The summed E-state index contributed by atoms with van der Waals surface area (Å²) in [6.45, 7) is 4.11. The number of amides is 1. The highest BCUT2D eigenvalue weighted by molar-refractivity contribution is 5.91. The van der Waals surface area contributed by atoms with Crippen LogP contribution in [0.4, 0.5) is 11.8 Å². The number of nitrogens with two attached hydrogens (primary N) is 1. The molecule has 1 aliphatic carbocycles. The summed E-state index contributed by atoms with van der Waals surface area (Å²) >= 11 is 0. The van der Waals surface area contributed by atoms with Gasteiger partial charge in [0, 0.05) is 19.3 Å². The van der Waals surface area contributed by atoms with Crippen molar-refractivity contribution in [2.45, 2.75) is 58.0 Å². The van der Waals surface area contributed by atoms with Gasteiger partial charge in [-0.25, -0.2) is 4.98 Å². The van der Waals surface area contributed by atoms with Gasteiger partial charge in [-0.3, -0.25) is 9.36 Å². The predicted molar refractivity (Wildman–Crippen MR) is 109 cm³/mol. The van der Waals surface area contributed by atoms with Crippen LogP contribution < -0.4 is 21.3 Å². The van der Waals surface area contributed by atoms with Crippen LogP contribution in [0, 0.1) is 6.92 Å². The van der Waals surface area contributed by atoms with Crippen LogP contribution in [0.5, 0.6) is 0 Å². The maximum absolute atomic E-state index is 11.4. The number of carbonyl (C=O) groups excluding carboxylic acids is 1. The van der Waals surface area contributed by atoms with Crippen molar-refractivity contribution < 1.29 is 4.79 Å². The van der Waals surface area contributed by atoms with E-state index in [2.05, 4.69) is 42.2 Å². The van der Waals surface area contributed by atoms with Crippen molar-refractivity contribution >= 4 is 17.7 Å². The van der Waals surface area contributed by atoms with Gasteiger partial charge in [-0.15, -0.1) is 10.2 Å². The van der Waals surface area contributed by atoms with Gasteiger partial charge >= 0.3 is 0 Å². The second-order valence-electron chi connectivity index (χ2n) is 7.43. The molecule has 4 rings (SSSR count). The zero-order chi connectivity index (χ0) is 20.5. The minimum atomic E-state index is -0.554. The minimum absolute atomic E-state index is 0.114. The van der Waals surface area contributed by atoms with Gasteiger partial charge in [0.05, 0.1) is 12.2 Å². The van der Waals surface area contributed by atoms with Crippen molar-refractivity contribution in [2.75, 3.05) is 17.3 Å². The molecule has 1 amide bonds. The summed E-state index contributed by atoms with van der Waals surface area (Å²) in [6, 6.07) is 0.532. The van der Waals surface area contributed by atoms with Gasteiger partial charge in [-0.05, 0) is 26.2 Å². The number of primary amides is 1. The Bertz CT molecular complexity index is 945. The summed E-state index contributed by atoms with van der Waals surface area (Å²) in [4.78, 5) is 23.1. The van der Waals surface area contributed by atoms with Crippen molar-refractivity contribution in [1.82, 2.24) is 30.0 Å². The summed E-state index contributed by atoms with van der Waals surface area (Å²) in [5.74, 6) is 2.49. The minimum Gasteiger partial charge on any atom is -0.382 e. The van der Waals surface area contributed by atoms with Crippen LogP contribution in [0.25, 0.3) is 5.69 Å². The summed E-state index contributed by atoms with van der Waals surface area (Å²) in [7, 11) is 1.63. The average Bonchev–Trinajstić information content (AvgIpc) is 3.37. The smallest absolute Gasteiger partial charge is 0.266 e. The number of likely N-dealkylation sites (N-methyl/N-ethyl adjacent to an activating group) is 1. The average molecular weight is 397 g/mol. The van der Waals surface area contributed by atoms with E-state index >= 15 is 0 Å². The number of hydrogen-bond donors (Lipinski definition) is 3. The highest BCUT2D eigenvalue weighted by atomic mass is 16.1. The third kappa shape index (κ3) is 3.28. The first kappa shape index (κ1) is 19.2. The Kier molecular flexibility index (Phi) is 5.08. The lowest BCUT2D eigenvalue weighted by Crippen LogP contribution is -2.42. The van der Waals surface area contributed by atoms with Crippen LogP contribution >= 0.6 is 0 Å². The van der Waals surface area contributed by atoms with Crippen molar-refractivity contribution in [2.24, 2.45) is 5.73 Å². The number of anilines is 2. The molecule has 0 saturated heterocycles. The first-order valence-electron chi connectivity index (χ1n) is 10.1. The Morgan fingerprint density at radius 1 is 1.34 bits per heavy atom. The number of rotatable bonds is 6. The fraction of sp³-hybridized carbons (Fsp3) is 0.526. The Morgan fingerprint density at radius 3 is 2.76 bits per heavy atom. The van der Waals surface area contributed by atoms with E-state index in [1.165, 1.54) is 19.0 Å². The largest absolute Gasteiger partial charge is 0.382 e. The van der Waals surface area contributed by atoms with Crippen LogP contribution in [0.3, 0.4) is 0 Å². The van der Waals surface area contributed by atoms with Crippen LogP contribution in [0.1, 0.15) is 56.7 Å². The zero-order valence-corrected chi connectivity index (χ0v) is 17.0. The maximum Gasteiger partial charge on any atom is 0.266 e. The molecule has 0 unspecified atom stereocenters. The molecule has 2 aromatic heterocycles. The lowest BCUT2D eigenvalue weighted by Gasteiger charge is -2.41. The standard InChI is InChI=1S/C19H27N9O/c1-4-14-18-26-25-11(2)27(18)15-10-23-19(22-9-13(21-3)16(20)29)24-17(15)28(14)12-7-5-6-8-12/h9-10,12,14,21H,4-8H2,1-3H3,(H2,20,29)(H,22,23,24)/b13-9-/t14-/m1/s1. The Morgan fingerprint density at radius 2 is 2.10 bits per heavy atom. The SMILES string of the molecule is CC[C@@H]1c2nnc(C)n2-c2cnc(N/C=C(\NC)C(N)=O)nc2N1C1CCCC1. The molecule has 29 heavy (non-hydrogen) atoms. The van der Waals surface area contributed by atoms with E-state index in [0.29, 0.717) is 12.0 Å². The van der Waals surface area contributed by atoms with Crippen LogP contribution in [0.2, 0.25) is 0 Å².